The van der Waals surface area contributed by atoms with Gasteiger partial charge in [0, 0.05) is 13.0 Å². The van der Waals surface area contributed by atoms with E-state index in [2.05, 4.69) is 47.0 Å². The molecule has 3 nitrogen and oxygen atoms in total. The standard InChI is InChI=1S/C20H24N2O.ClH/c23-20(11-8-17-12-13-21-14-17)22-15-16-6-9-19(10-7-16)18-4-2-1-3-5-18;/h1-7,9-10,17,21H,8,11-15H2,(H,22,23);1H. The lowest BCUT2D eigenvalue weighted by atomic mass is 10.0. The number of halogens is 1. The van der Waals surface area contributed by atoms with Crippen molar-refractivity contribution in [3.8, 4) is 11.1 Å². The van der Waals surface area contributed by atoms with E-state index < -0.39 is 0 Å². The van der Waals surface area contributed by atoms with Crippen molar-refractivity contribution >= 4 is 18.3 Å². The molecule has 1 amide bonds. The number of hydrogen-bond acceptors (Lipinski definition) is 2. The van der Waals surface area contributed by atoms with E-state index in [-0.39, 0.29) is 18.3 Å². The molecular weight excluding hydrogens is 320 g/mol. The average Bonchev–Trinajstić information content (AvgIpc) is 3.13. The Bertz CT molecular complexity index is 622. The molecule has 1 atom stereocenters. The average molecular weight is 345 g/mol. The molecular formula is C20H25ClN2O. The van der Waals surface area contributed by atoms with Crippen molar-refractivity contribution in [2.24, 2.45) is 5.92 Å². The highest BCUT2D eigenvalue weighted by Crippen LogP contribution is 2.19. The predicted octanol–water partition coefficient (Wildman–Crippen LogP) is 3.78. The molecule has 2 aromatic rings. The van der Waals surface area contributed by atoms with Gasteiger partial charge in [0.05, 0.1) is 0 Å². The van der Waals surface area contributed by atoms with Crippen molar-refractivity contribution in [1.82, 2.24) is 10.6 Å². The molecule has 1 aliphatic rings. The van der Waals surface area contributed by atoms with Gasteiger partial charge in [-0.25, -0.2) is 0 Å². The van der Waals surface area contributed by atoms with E-state index in [0.29, 0.717) is 18.9 Å². The molecule has 1 unspecified atom stereocenters. The Balaban J connectivity index is 0.00000208. The van der Waals surface area contributed by atoms with Gasteiger partial charge in [-0.2, -0.15) is 0 Å². The monoisotopic (exact) mass is 344 g/mol. The Hall–Kier alpha value is -1.84. The van der Waals surface area contributed by atoms with Crippen LogP contribution in [-0.4, -0.2) is 19.0 Å². The maximum Gasteiger partial charge on any atom is 0.220 e. The van der Waals surface area contributed by atoms with Gasteiger partial charge < -0.3 is 10.6 Å². The van der Waals surface area contributed by atoms with Gasteiger partial charge in [-0.1, -0.05) is 54.6 Å². The summed E-state index contributed by atoms with van der Waals surface area (Å²) in [5.74, 6) is 0.829. The van der Waals surface area contributed by atoms with E-state index in [0.717, 1.165) is 25.1 Å². The summed E-state index contributed by atoms with van der Waals surface area (Å²) in [6.45, 7) is 2.77. The topological polar surface area (TPSA) is 41.1 Å². The summed E-state index contributed by atoms with van der Waals surface area (Å²) in [6.07, 6.45) is 2.83. The number of nitrogens with one attached hydrogen (secondary N) is 2. The van der Waals surface area contributed by atoms with E-state index in [1.54, 1.807) is 0 Å². The molecule has 4 heteroatoms. The van der Waals surface area contributed by atoms with E-state index in [4.69, 9.17) is 0 Å². The van der Waals surface area contributed by atoms with Crippen LogP contribution in [0.1, 0.15) is 24.8 Å². The molecule has 0 spiro atoms. The summed E-state index contributed by atoms with van der Waals surface area (Å²) in [7, 11) is 0. The second-order valence-corrected chi connectivity index (χ2v) is 6.24. The number of carbonyl (C=O) groups excluding carboxylic acids is 1. The maximum atomic E-state index is 11.9. The Morgan fingerprint density at radius 3 is 2.42 bits per heavy atom. The Labute approximate surface area is 150 Å². The molecule has 0 aliphatic carbocycles. The minimum atomic E-state index is 0. The molecule has 1 saturated heterocycles. The van der Waals surface area contributed by atoms with Crippen LogP contribution < -0.4 is 10.6 Å². The van der Waals surface area contributed by atoms with Crippen LogP contribution in [0.3, 0.4) is 0 Å². The van der Waals surface area contributed by atoms with Gasteiger partial charge >= 0.3 is 0 Å². The fraction of sp³-hybridized carbons (Fsp3) is 0.350. The van der Waals surface area contributed by atoms with Crippen LogP contribution in [0.2, 0.25) is 0 Å². The van der Waals surface area contributed by atoms with E-state index in [1.165, 1.54) is 17.5 Å². The van der Waals surface area contributed by atoms with E-state index in [1.807, 2.05) is 18.2 Å². The molecule has 1 heterocycles. The maximum absolute atomic E-state index is 11.9. The van der Waals surface area contributed by atoms with Crippen LogP contribution in [0.4, 0.5) is 0 Å². The molecule has 3 rings (SSSR count). The van der Waals surface area contributed by atoms with Crippen LogP contribution >= 0.6 is 12.4 Å². The lowest BCUT2D eigenvalue weighted by Gasteiger charge is -2.09. The highest BCUT2D eigenvalue weighted by molar-refractivity contribution is 5.85. The van der Waals surface area contributed by atoms with Gasteiger partial charge in [0.15, 0.2) is 0 Å². The lowest BCUT2D eigenvalue weighted by Crippen LogP contribution is -2.23. The zero-order valence-corrected chi connectivity index (χ0v) is 14.6. The first-order chi connectivity index (χ1) is 11.3. The largest absolute Gasteiger partial charge is 0.352 e. The first kappa shape index (κ1) is 18.5. The minimum Gasteiger partial charge on any atom is -0.352 e. The zero-order valence-electron chi connectivity index (χ0n) is 13.8. The van der Waals surface area contributed by atoms with Gasteiger partial charge in [-0.3, -0.25) is 4.79 Å². The first-order valence-corrected chi connectivity index (χ1v) is 8.43. The van der Waals surface area contributed by atoms with Gasteiger partial charge in [0.25, 0.3) is 0 Å². The first-order valence-electron chi connectivity index (χ1n) is 8.43. The van der Waals surface area contributed by atoms with Crippen molar-refractivity contribution < 1.29 is 4.79 Å². The number of rotatable bonds is 6. The van der Waals surface area contributed by atoms with Crippen LogP contribution in [0.15, 0.2) is 54.6 Å². The van der Waals surface area contributed by atoms with Crippen LogP contribution in [0.5, 0.6) is 0 Å². The summed E-state index contributed by atoms with van der Waals surface area (Å²) < 4.78 is 0. The lowest BCUT2D eigenvalue weighted by molar-refractivity contribution is -0.121. The third-order valence-corrected chi connectivity index (χ3v) is 4.49. The molecule has 24 heavy (non-hydrogen) atoms. The second-order valence-electron chi connectivity index (χ2n) is 6.24. The molecule has 2 aromatic carbocycles. The van der Waals surface area contributed by atoms with Gasteiger partial charge in [0.2, 0.25) is 5.91 Å². The molecule has 2 N–H and O–H groups in total. The molecule has 1 aliphatic heterocycles. The SMILES string of the molecule is Cl.O=C(CCC1CCNC1)NCc1ccc(-c2ccccc2)cc1. The summed E-state index contributed by atoms with van der Waals surface area (Å²) in [5, 5.41) is 6.36. The van der Waals surface area contributed by atoms with Crippen molar-refractivity contribution in [2.45, 2.75) is 25.8 Å². The quantitative estimate of drug-likeness (QED) is 0.837. The van der Waals surface area contributed by atoms with Gasteiger partial charge in [-0.15, -0.1) is 12.4 Å². The third-order valence-electron chi connectivity index (χ3n) is 4.49. The molecule has 0 radical (unpaired) electrons. The van der Waals surface area contributed by atoms with Crippen molar-refractivity contribution in [1.29, 1.82) is 0 Å². The van der Waals surface area contributed by atoms with E-state index >= 15 is 0 Å². The Kier molecular flexibility index (Phi) is 7.29. The van der Waals surface area contributed by atoms with Gasteiger partial charge in [-0.05, 0) is 48.5 Å². The van der Waals surface area contributed by atoms with Crippen molar-refractivity contribution in [2.75, 3.05) is 13.1 Å². The summed E-state index contributed by atoms with van der Waals surface area (Å²) in [6, 6.07) is 18.7. The normalized spacial score (nSPS) is 16.4. The molecule has 0 saturated carbocycles. The summed E-state index contributed by atoms with van der Waals surface area (Å²) >= 11 is 0. The predicted molar refractivity (Wildman–Crippen MR) is 101 cm³/mol. The van der Waals surface area contributed by atoms with Crippen LogP contribution in [-0.2, 0) is 11.3 Å². The number of carbonyl (C=O) groups is 1. The smallest absolute Gasteiger partial charge is 0.220 e. The summed E-state index contributed by atoms with van der Waals surface area (Å²) in [4.78, 5) is 11.9. The highest BCUT2D eigenvalue weighted by atomic mass is 35.5. The number of amides is 1. The molecule has 128 valence electrons. The fourth-order valence-electron chi connectivity index (χ4n) is 3.03. The molecule has 0 aromatic heterocycles. The molecule has 0 bridgehead atoms. The third kappa shape index (κ3) is 5.36. The van der Waals surface area contributed by atoms with Crippen LogP contribution in [0.25, 0.3) is 11.1 Å². The Morgan fingerprint density at radius 1 is 1.04 bits per heavy atom. The summed E-state index contributed by atoms with van der Waals surface area (Å²) in [5.41, 5.74) is 3.56. The molecule has 1 fully saturated rings. The zero-order chi connectivity index (χ0) is 15.9. The highest BCUT2D eigenvalue weighted by Gasteiger charge is 2.15. The Morgan fingerprint density at radius 2 is 1.75 bits per heavy atom. The number of benzene rings is 2. The van der Waals surface area contributed by atoms with E-state index in [9.17, 15) is 4.79 Å². The van der Waals surface area contributed by atoms with Gasteiger partial charge in [0.1, 0.15) is 0 Å². The minimum absolute atomic E-state index is 0. The van der Waals surface area contributed by atoms with Crippen molar-refractivity contribution in [3.63, 3.8) is 0 Å². The van der Waals surface area contributed by atoms with Crippen LogP contribution in [0, 0.1) is 5.92 Å². The number of hydrogen-bond donors (Lipinski definition) is 2. The second kappa shape index (κ2) is 9.45. The van der Waals surface area contributed by atoms with Crippen molar-refractivity contribution in [3.05, 3.63) is 60.2 Å². The fourth-order valence-corrected chi connectivity index (χ4v) is 3.03.